The molecule has 0 atom stereocenters. The summed E-state index contributed by atoms with van der Waals surface area (Å²) >= 11 is 3.54. The highest BCUT2D eigenvalue weighted by atomic mass is 79.9. The molecule has 158 valence electrons. The van der Waals surface area contributed by atoms with Crippen LogP contribution in [0.5, 0.6) is 5.75 Å². The second-order valence-electron chi connectivity index (χ2n) is 7.66. The van der Waals surface area contributed by atoms with E-state index in [2.05, 4.69) is 26.1 Å². The number of nitrogens with zero attached hydrogens (tertiary/aromatic N) is 3. The van der Waals surface area contributed by atoms with E-state index in [0.29, 0.717) is 17.5 Å². The number of aryl methyl sites for hydroxylation is 3. The highest BCUT2D eigenvalue weighted by molar-refractivity contribution is 9.10. The van der Waals surface area contributed by atoms with Gasteiger partial charge in [0.2, 0.25) is 11.7 Å². The zero-order valence-corrected chi connectivity index (χ0v) is 19.5. The van der Waals surface area contributed by atoms with Gasteiger partial charge in [-0.25, -0.2) is 0 Å². The van der Waals surface area contributed by atoms with Gasteiger partial charge < -0.3 is 14.2 Å². The van der Waals surface area contributed by atoms with E-state index in [1.165, 1.54) is 0 Å². The molecular weight excluding hydrogens is 446 g/mol. The normalized spacial score (nSPS) is 11.0. The molecule has 3 aromatic rings. The number of hydrogen-bond acceptors (Lipinski definition) is 5. The third-order valence-corrected chi connectivity index (χ3v) is 6.02. The molecule has 0 saturated carbocycles. The number of aromatic nitrogens is 2. The molecule has 0 spiro atoms. The van der Waals surface area contributed by atoms with Gasteiger partial charge in [0.15, 0.2) is 6.61 Å². The van der Waals surface area contributed by atoms with E-state index < -0.39 is 0 Å². The van der Waals surface area contributed by atoms with Crippen molar-refractivity contribution in [3.63, 3.8) is 0 Å². The molecule has 3 rings (SSSR count). The van der Waals surface area contributed by atoms with E-state index in [9.17, 15) is 4.79 Å². The molecule has 1 aromatic heterocycles. The van der Waals surface area contributed by atoms with Crippen molar-refractivity contribution in [3.05, 3.63) is 63.5 Å². The quantitative estimate of drug-likeness (QED) is 0.471. The van der Waals surface area contributed by atoms with Crippen LogP contribution in [0.15, 0.2) is 45.4 Å². The van der Waals surface area contributed by atoms with Crippen LogP contribution in [0.1, 0.15) is 36.4 Å². The zero-order valence-electron chi connectivity index (χ0n) is 17.9. The Morgan fingerprint density at radius 1 is 1.17 bits per heavy atom. The number of hydrogen-bond donors (Lipinski definition) is 0. The maximum Gasteiger partial charge on any atom is 0.261 e. The van der Waals surface area contributed by atoms with Crippen LogP contribution in [0, 0.1) is 20.8 Å². The van der Waals surface area contributed by atoms with E-state index in [0.717, 1.165) is 26.7 Å². The SMILES string of the molecule is Cc1cccc(-c2noc(CN(C(=O)COc3cc(C)c(Br)c(C)c3)C(C)C)n2)c1. The van der Waals surface area contributed by atoms with Gasteiger partial charge in [0.25, 0.3) is 5.91 Å². The fourth-order valence-corrected chi connectivity index (χ4v) is 3.37. The lowest BCUT2D eigenvalue weighted by Crippen LogP contribution is -2.39. The van der Waals surface area contributed by atoms with Gasteiger partial charge in [-0.3, -0.25) is 4.79 Å². The lowest BCUT2D eigenvalue weighted by atomic mass is 10.1. The fraction of sp³-hybridized carbons (Fsp3) is 0.348. The van der Waals surface area contributed by atoms with Crippen molar-refractivity contribution in [1.82, 2.24) is 15.0 Å². The predicted molar refractivity (Wildman–Crippen MR) is 119 cm³/mol. The van der Waals surface area contributed by atoms with Crippen LogP contribution >= 0.6 is 15.9 Å². The molecule has 7 heteroatoms. The van der Waals surface area contributed by atoms with Gasteiger partial charge in [0.1, 0.15) is 12.3 Å². The Kier molecular flexibility index (Phi) is 6.92. The summed E-state index contributed by atoms with van der Waals surface area (Å²) in [5.74, 6) is 1.44. The van der Waals surface area contributed by atoms with Crippen molar-refractivity contribution in [2.24, 2.45) is 0 Å². The third-order valence-electron chi connectivity index (χ3n) is 4.77. The molecule has 0 fully saturated rings. The van der Waals surface area contributed by atoms with Crippen molar-refractivity contribution >= 4 is 21.8 Å². The first-order valence-corrected chi connectivity index (χ1v) is 10.6. The largest absolute Gasteiger partial charge is 0.484 e. The molecule has 1 heterocycles. The molecule has 6 nitrogen and oxygen atoms in total. The Labute approximate surface area is 185 Å². The summed E-state index contributed by atoms with van der Waals surface area (Å²) in [7, 11) is 0. The molecule has 0 saturated heterocycles. The smallest absolute Gasteiger partial charge is 0.261 e. The maximum atomic E-state index is 12.8. The second kappa shape index (κ2) is 9.43. The van der Waals surface area contributed by atoms with Gasteiger partial charge in [0, 0.05) is 16.1 Å². The van der Waals surface area contributed by atoms with Crippen LogP contribution in [0.25, 0.3) is 11.4 Å². The summed E-state index contributed by atoms with van der Waals surface area (Å²) < 4.78 is 12.2. The van der Waals surface area contributed by atoms with Gasteiger partial charge in [-0.15, -0.1) is 0 Å². The van der Waals surface area contributed by atoms with Crippen molar-refractivity contribution in [2.45, 2.75) is 47.2 Å². The van der Waals surface area contributed by atoms with Crippen LogP contribution < -0.4 is 4.74 Å². The topological polar surface area (TPSA) is 68.5 Å². The lowest BCUT2D eigenvalue weighted by molar-refractivity contribution is -0.136. The highest BCUT2D eigenvalue weighted by Gasteiger charge is 2.21. The number of benzene rings is 2. The van der Waals surface area contributed by atoms with Gasteiger partial charge in [-0.05, 0) is 63.9 Å². The van der Waals surface area contributed by atoms with Gasteiger partial charge in [-0.2, -0.15) is 4.98 Å². The third kappa shape index (κ3) is 5.27. The Balaban J connectivity index is 1.68. The number of halogens is 1. The van der Waals surface area contributed by atoms with E-state index in [1.807, 2.05) is 71.0 Å². The number of ether oxygens (including phenoxy) is 1. The molecule has 0 unspecified atom stereocenters. The van der Waals surface area contributed by atoms with Crippen LogP contribution in [0.3, 0.4) is 0 Å². The minimum atomic E-state index is -0.140. The van der Waals surface area contributed by atoms with E-state index in [1.54, 1.807) is 4.90 Å². The van der Waals surface area contributed by atoms with Gasteiger partial charge in [0.05, 0.1) is 0 Å². The summed E-state index contributed by atoms with van der Waals surface area (Å²) in [5.41, 5.74) is 4.13. The van der Waals surface area contributed by atoms with Crippen LogP contribution in [0.2, 0.25) is 0 Å². The minimum Gasteiger partial charge on any atom is -0.484 e. The number of carbonyl (C=O) groups excluding carboxylic acids is 1. The maximum absolute atomic E-state index is 12.8. The molecule has 0 N–H and O–H groups in total. The van der Waals surface area contributed by atoms with Crippen LogP contribution in [-0.4, -0.2) is 33.6 Å². The number of amides is 1. The molecule has 0 radical (unpaired) electrons. The average molecular weight is 472 g/mol. The van der Waals surface area contributed by atoms with Crippen molar-refractivity contribution < 1.29 is 14.1 Å². The number of carbonyl (C=O) groups is 1. The van der Waals surface area contributed by atoms with Crippen molar-refractivity contribution in [3.8, 4) is 17.1 Å². The molecule has 30 heavy (non-hydrogen) atoms. The highest BCUT2D eigenvalue weighted by Crippen LogP contribution is 2.26. The van der Waals surface area contributed by atoms with Gasteiger partial charge >= 0.3 is 0 Å². The second-order valence-corrected chi connectivity index (χ2v) is 8.45. The van der Waals surface area contributed by atoms with Crippen LogP contribution in [-0.2, 0) is 11.3 Å². The molecule has 0 aliphatic heterocycles. The first kappa shape index (κ1) is 22.0. The monoisotopic (exact) mass is 471 g/mol. The molecule has 0 bridgehead atoms. The molecule has 2 aromatic carbocycles. The average Bonchev–Trinajstić information content (AvgIpc) is 3.17. The zero-order chi connectivity index (χ0) is 21.8. The lowest BCUT2D eigenvalue weighted by Gasteiger charge is -2.25. The van der Waals surface area contributed by atoms with Crippen molar-refractivity contribution in [2.75, 3.05) is 6.61 Å². The summed E-state index contributed by atoms with van der Waals surface area (Å²) in [6.07, 6.45) is 0. The molecular formula is C23H26BrN3O3. The van der Waals surface area contributed by atoms with Gasteiger partial charge in [-0.1, -0.05) is 44.8 Å². The first-order chi connectivity index (χ1) is 14.2. The molecule has 0 aliphatic carbocycles. The summed E-state index contributed by atoms with van der Waals surface area (Å²) in [6.45, 7) is 10.1. The minimum absolute atomic E-state index is 0.0381. The molecule has 1 amide bonds. The fourth-order valence-electron chi connectivity index (χ4n) is 3.14. The summed E-state index contributed by atoms with van der Waals surface area (Å²) in [4.78, 5) is 19.0. The van der Waals surface area contributed by atoms with Crippen molar-refractivity contribution in [1.29, 1.82) is 0 Å². The Morgan fingerprint density at radius 2 is 1.87 bits per heavy atom. The van der Waals surface area contributed by atoms with E-state index >= 15 is 0 Å². The first-order valence-electron chi connectivity index (χ1n) is 9.83. The van der Waals surface area contributed by atoms with Crippen LogP contribution in [0.4, 0.5) is 0 Å². The summed E-state index contributed by atoms with van der Waals surface area (Å²) in [5, 5.41) is 4.06. The Hall–Kier alpha value is -2.67. The Morgan fingerprint density at radius 3 is 2.50 bits per heavy atom. The standard InChI is InChI=1S/C23H26BrN3O3/c1-14(2)27(21(28)13-29-19-10-16(4)22(24)17(5)11-19)12-20-25-23(26-30-20)18-8-6-7-15(3)9-18/h6-11,14H,12-13H2,1-5H3. The Bertz CT molecular complexity index is 1020. The molecule has 0 aliphatic rings. The summed E-state index contributed by atoms with van der Waals surface area (Å²) in [6, 6.07) is 11.7. The number of rotatable bonds is 7. The van der Waals surface area contributed by atoms with E-state index in [4.69, 9.17) is 9.26 Å². The predicted octanol–water partition coefficient (Wildman–Crippen LogP) is 5.24. The van der Waals surface area contributed by atoms with E-state index in [-0.39, 0.29) is 25.1 Å².